The third-order valence-electron chi connectivity index (χ3n) is 0.964. The summed E-state index contributed by atoms with van der Waals surface area (Å²) in [5.74, 6) is 0. The zero-order valence-corrected chi connectivity index (χ0v) is 10.0. The van der Waals surface area contributed by atoms with Crippen LogP contribution in [0, 0.1) is 0 Å². The first-order valence-electron chi connectivity index (χ1n) is 2.86. The molecule has 3 nitrogen and oxygen atoms in total. The molecule has 0 fully saturated rings. The number of aliphatic hydroxyl groups excluding tert-OH is 1. The van der Waals surface area contributed by atoms with E-state index in [-0.39, 0.29) is 29.6 Å². The Kier molecular flexibility index (Phi) is 17.6. The summed E-state index contributed by atoms with van der Waals surface area (Å²) in [7, 11) is -1.90. The molecule has 1 N–H and O–H groups in total. The summed E-state index contributed by atoms with van der Waals surface area (Å²) in [6.07, 6.45) is 0.590. The average Bonchev–Trinajstić information content (AvgIpc) is 1.93. The SMILES string of the molecule is CCP(=O)([O-])CC.CO.[Na+]. The summed E-state index contributed by atoms with van der Waals surface area (Å²) >= 11 is 0. The van der Waals surface area contributed by atoms with Crippen molar-refractivity contribution in [3.05, 3.63) is 0 Å². The molecule has 0 saturated carbocycles. The van der Waals surface area contributed by atoms with Gasteiger partial charge in [0.1, 0.15) is 0 Å². The third-order valence-corrected chi connectivity index (χ3v) is 2.89. The van der Waals surface area contributed by atoms with Crippen LogP contribution in [0.1, 0.15) is 13.8 Å². The van der Waals surface area contributed by atoms with Gasteiger partial charge in [-0.1, -0.05) is 13.8 Å². The second kappa shape index (κ2) is 10.2. The first-order chi connectivity index (χ1) is 4.12. The Bertz CT molecular complexity index is 88.9. The minimum absolute atomic E-state index is 0. The van der Waals surface area contributed by atoms with Crippen LogP contribution < -0.4 is 34.5 Å². The van der Waals surface area contributed by atoms with Crippen molar-refractivity contribution >= 4 is 7.37 Å². The van der Waals surface area contributed by atoms with Gasteiger partial charge < -0.3 is 14.6 Å². The van der Waals surface area contributed by atoms with Gasteiger partial charge in [-0.05, 0) is 12.3 Å². The van der Waals surface area contributed by atoms with Crippen molar-refractivity contribution in [1.82, 2.24) is 0 Å². The van der Waals surface area contributed by atoms with Crippen LogP contribution in [0.5, 0.6) is 0 Å². The van der Waals surface area contributed by atoms with Gasteiger partial charge in [0, 0.05) is 14.5 Å². The van der Waals surface area contributed by atoms with Gasteiger partial charge in [0.25, 0.3) is 0 Å². The van der Waals surface area contributed by atoms with E-state index in [0.717, 1.165) is 7.11 Å². The van der Waals surface area contributed by atoms with Crippen molar-refractivity contribution in [3.8, 4) is 0 Å². The third kappa shape index (κ3) is 11.9. The second-order valence-electron chi connectivity index (χ2n) is 1.45. The van der Waals surface area contributed by atoms with Crippen molar-refractivity contribution in [2.75, 3.05) is 19.4 Å². The predicted molar refractivity (Wildman–Crippen MR) is 36.8 cm³/mol. The van der Waals surface area contributed by atoms with E-state index in [1.807, 2.05) is 0 Å². The maximum absolute atomic E-state index is 10.4. The van der Waals surface area contributed by atoms with Gasteiger partial charge in [0.2, 0.25) is 0 Å². The van der Waals surface area contributed by atoms with Crippen LogP contribution in [0.15, 0.2) is 0 Å². The van der Waals surface area contributed by atoms with Gasteiger partial charge in [-0.2, -0.15) is 0 Å². The molecule has 0 unspecified atom stereocenters. The number of aliphatic hydroxyl groups is 1. The first-order valence-corrected chi connectivity index (χ1v) is 4.85. The first kappa shape index (κ1) is 17.3. The molecule has 0 aromatic carbocycles. The summed E-state index contributed by atoms with van der Waals surface area (Å²) in [5.41, 5.74) is 0. The molecule has 0 aromatic rings. The van der Waals surface area contributed by atoms with E-state index in [4.69, 9.17) is 5.11 Å². The van der Waals surface area contributed by atoms with E-state index in [1.54, 1.807) is 13.8 Å². The molecule has 0 aliphatic heterocycles. The topological polar surface area (TPSA) is 60.4 Å². The van der Waals surface area contributed by atoms with Crippen LogP contribution in [0.3, 0.4) is 0 Å². The fraction of sp³-hybridized carbons (Fsp3) is 1.00. The standard InChI is InChI=1S/C4H11O2P.CH4O.Na/c1-3-7(5,6)4-2;1-2;/h3-4H2,1-2H3,(H,5,6);2H,1H3;/q;;+1/p-1. The Balaban J connectivity index is -0.000000149. The summed E-state index contributed by atoms with van der Waals surface area (Å²) in [4.78, 5) is 10.4. The van der Waals surface area contributed by atoms with E-state index in [9.17, 15) is 9.46 Å². The molecule has 10 heavy (non-hydrogen) atoms. The Morgan fingerprint density at radius 2 is 1.50 bits per heavy atom. The Labute approximate surface area is 84.6 Å². The molecule has 58 valence electrons. The van der Waals surface area contributed by atoms with Crippen LogP contribution in [-0.4, -0.2) is 24.5 Å². The summed E-state index contributed by atoms with van der Waals surface area (Å²) in [6, 6.07) is 0. The van der Waals surface area contributed by atoms with Crippen LogP contribution in [-0.2, 0) is 4.57 Å². The molecule has 0 aromatic heterocycles. The Morgan fingerprint density at radius 3 is 1.50 bits per heavy atom. The van der Waals surface area contributed by atoms with E-state index in [0.29, 0.717) is 12.3 Å². The van der Waals surface area contributed by atoms with Crippen molar-refractivity contribution < 1.29 is 44.1 Å². The van der Waals surface area contributed by atoms with E-state index in [1.165, 1.54) is 0 Å². The smallest absolute Gasteiger partial charge is 0.799 e. The van der Waals surface area contributed by atoms with Crippen LogP contribution in [0.25, 0.3) is 0 Å². The zero-order chi connectivity index (χ0) is 7.91. The van der Waals surface area contributed by atoms with Crippen molar-refractivity contribution in [1.29, 1.82) is 0 Å². The van der Waals surface area contributed by atoms with Crippen molar-refractivity contribution in [3.63, 3.8) is 0 Å². The van der Waals surface area contributed by atoms with E-state index >= 15 is 0 Å². The maximum atomic E-state index is 10.4. The molecule has 0 aliphatic rings. The molecule has 0 atom stereocenters. The minimum atomic E-state index is -2.90. The Hall–Kier alpha value is 1.15. The largest absolute Gasteiger partial charge is 1.00 e. The second-order valence-corrected chi connectivity index (χ2v) is 4.34. The number of hydrogen-bond acceptors (Lipinski definition) is 3. The fourth-order valence-electron chi connectivity index (χ4n) is 0.224. The summed E-state index contributed by atoms with van der Waals surface area (Å²) < 4.78 is 10.4. The molecule has 0 radical (unpaired) electrons. The molecular formula is C5H14NaO3P. The monoisotopic (exact) mass is 176 g/mol. The van der Waals surface area contributed by atoms with Gasteiger partial charge in [-0.25, -0.2) is 0 Å². The molecule has 0 spiro atoms. The molecule has 0 amide bonds. The Morgan fingerprint density at radius 1 is 1.30 bits per heavy atom. The van der Waals surface area contributed by atoms with E-state index < -0.39 is 7.37 Å². The molecule has 0 heterocycles. The zero-order valence-electron chi connectivity index (χ0n) is 7.13. The van der Waals surface area contributed by atoms with Gasteiger partial charge in [-0.3, -0.25) is 0 Å². The molecule has 0 saturated heterocycles. The van der Waals surface area contributed by atoms with E-state index in [2.05, 4.69) is 0 Å². The van der Waals surface area contributed by atoms with Gasteiger partial charge >= 0.3 is 29.6 Å². The average molecular weight is 176 g/mol. The summed E-state index contributed by atoms with van der Waals surface area (Å²) in [6.45, 7) is 3.33. The molecule has 0 rings (SSSR count). The summed E-state index contributed by atoms with van der Waals surface area (Å²) in [5, 5.41) is 7.00. The normalized spacial score (nSPS) is 8.90. The minimum Gasteiger partial charge on any atom is -0.799 e. The van der Waals surface area contributed by atoms with Crippen LogP contribution in [0.4, 0.5) is 0 Å². The molecule has 0 aliphatic carbocycles. The fourth-order valence-corrected chi connectivity index (χ4v) is 0.671. The number of hydrogen-bond donors (Lipinski definition) is 1. The van der Waals surface area contributed by atoms with Crippen LogP contribution in [0.2, 0.25) is 0 Å². The molecule has 0 bridgehead atoms. The predicted octanol–water partition coefficient (Wildman–Crippen LogP) is -2.72. The molecule has 5 heteroatoms. The van der Waals surface area contributed by atoms with Gasteiger partial charge in [0.05, 0.1) is 0 Å². The van der Waals surface area contributed by atoms with Crippen molar-refractivity contribution in [2.24, 2.45) is 0 Å². The number of rotatable bonds is 2. The quantitative estimate of drug-likeness (QED) is 0.367. The van der Waals surface area contributed by atoms with Gasteiger partial charge in [-0.15, -0.1) is 0 Å². The molecular weight excluding hydrogens is 162 g/mol. The van der Waals surface area contributed by atoms with Crippen LogP contribution >= 0.6 is 7.37 Å². The van der Waals surface area contributed by atoms with Gasteiger partial charge in [0.15, 0.2) is 0 Å². The van der Waals surface area contributed by atoms with Crippen molar-refractivity contribution in [2.45, 2.75) is 13.8 Å². The maximum Gasteiger partial charge on any atom is 1.00 e.